The molecular weight excluding hydrogens is 274 g/mol. The quantitative estimate of drug-likeness (QED) is 0.668. The summed E-state index contributed by atoms with van der Waals surface area (Å²) in [6, 6.07) is 3.42. The molecule has 11 heavy (non-hydrogen) atoms. The molecule has 0 aliphatic carbocycles. The van der Waals surface area contributed by atoms with E-state index in [-0.39, 0.29) is 0 Å². The van der Waals surface area contributed by atoms with Gasteiger partial charge in [0.15, 0.2) is 7.70 Å². The fourth-order valence-electron chi connectivity index (χ4n) is 0.686. The van der Waals surface area contributed by atoms with Crippen LogP contribution in [0.1, 0.15) is 10.4 Å². The van der Waals surface area contributed by atoms with Crippen LogP contribution in [0, 0.1) is 0 Å². The summed E-state index contributed by atoms with van der Waals surface area (Å²) in [6.07, 6.45) is 0.701. The van der Waals surface area contributed by atoms with Crippen molar-refractivity contribution >= 4 is 43.8 Å². The molecule has 0 amide bonds. The summed E-state index contributed by atoms with van der Waals surface area (Å²) in [5.74, 6) is 0. The standard InChI is InChI=1S/C7H5Br2NO/c8-5-1-4(3-11)7(10)6(9)2-5/h1-3H,10H2/i/hD. The highest BCUT2D eigenvalue weighted by Gasteiger charge is 2.02. The molecule has 0 fully saturated rings. The Morgan fingerprint density at radius 1 is 1.55 bits per heavy atom. The molecule has 0 aliphatic heterocycles. The van der Waals surface area contributed by atoms with E-state index in [1.807, 2.05) is 0 Å². The van der Waals surface area contributed by atoms with Gasteiger partial charge in [0, 0.05) is 14.5 Å². The molecule has 0 aromatic heterocycles. The Morgan fingerprint density at radius 2 is 2.27 bits per heavy atom. The van der Waals surface area contributed by atoms with Crippen LogP contribution in [0.4, 0.5) is 5.69 Å². The largest absolute Gasteiger partial charge is 0.397 e. The number of nitrogen functional groups attached to an aromatic ring is 1. The van der Waals surface area contributed by atoms with Gasteiger partial charge < -0.3 is 5.73 Å². The lowest BCUT2D eigenvalue weighted by molar-refractivity contribution is 0.112. The van der Waals surface area contributed by atoms with Gasteiger partial charge in [0.05, 0.1) is 5.69 Å². The van der Waals surface area contributed by atoms with Crippen LogP contribution in [0.15, 0.2) is 21.1 Å². The van der Waals surface area contributed by atoms with Crippen LogP contribution < -0.4 is 5.73 Å². The normalized spacial score (nSPS) is 10.5. The van der Waals surface area contributed by atoms with Gasteiger partial charge in [0.1, 0.15) is 0 Å². The van der Waals surface area contributed by atoms with E-state index < -0.39 is 0 Å². The molecule has 0 aliphatic rings. The molecule has 1 rings (SSSR count). The van der Waals surface area contributed by atoms with Crippen molar-refractivity contribution in [1.29, 1.82) is 0 Å². The first kappa shape index (κ1) is 7.31. The highest BCUT2D eigenvalue weighted by Crippen LogP contribution is 2.26. The van der Waals surface area contributed by atoms with Gasteiger partial charge in [0.25, 0.3) is 0 Å². The van der Waals surface area contributed by atoms with E-state index in [4.69, 9.17) is 1.41 Å². The Labute approximate surface area is 82.5 Å². The third kappa shape index (κ3) is 1.81. The first-order chi connectivity index (χ1) is 5.69. The molecule has 0 radical (unpaired) electrons. The summed E-state index contributed by atoms with van der Waals surface area (Å²) < 4.78 is 8.44. The van der Waals surface area contributed by atoms with E-state index in [2.05, 4.69) is 37.6 Å². The third-order valence-electron chi connectivity index (χ3n) is 1.21. The summed E-state index contributed by atoms with van der Waals surface area (Å²) in [7, 11) is 0. The van der Waals surface area contributed by atoms with Crippen LogP contribution in [0.25, 0.3) is 0 Å². The number of carbonyl (C=O) groups is 1. The van der Waals surface area contributed by atoms with Crippen LogP contribution in [-0.2, 0) is 0 Å². The zero-order valence-corrected chi connectivity index (χ0v) is 8.57. The Kier molecular flexibility index (Phi) is 2.23. The maximum atomic E-state index is 10.5. The van der Waals surface area contributed by atoms with Crippen LogP contribution in [-0.4, -0.2) is 6.29 Å². The fourth-order valence-corrected chi connectivity index (χ4v) is 1.94. The van der Waals surface area contributed by atoms with Crippen molar-refractivity contribution in [3.05, 3.63) is 26.6 Å². The SMILES string of the molecule is [2H]Nc1c(Br)cc(Br)cc1C=O. The highest BCUT2D eigenvalue weighted by molar-refractivity contribution is 9.11. The zero-order valence-electron chi connectivity index (χ0n) is 6.40. The second-order valence-electron chi connectivity index (χ2n) is 1.97. The van der Waals surface area contributed by atoms with Crippen molar-refractivity contribution in [3.8, 4) is 0 Å². The number of hydrogen-bond acceptors (Lipinski definition) is 2. The number of halogens is 2. The Morgan fingerprint density at radius 3 is 2.82 bits per heavy atom. The molecule has 1 aromatic carbocycles. The summed E-state index contributed by atoms with van der Waals surface area (Å²) in [4.78, 5) is 10.5. The van der Waals surface area contributed by atoms with E-state index in [0.29, 0.717) is 22.0 Å². The van der Waals surface area contributed by atoms with E-state index in [0.717, 1.165) is 4.47 Å². The van der Waals surface area contributed by atoms with E-state index in [1.165, 1.54) is 0 Å². The highest BCUT2D eigenvalue weighted by atomic mass is 79.9. The molecule has 1 aromatic rings. The summed E-state index contributed by atoms with van der Waals surface area (Å²) in [5, 5.41) is 0. The predicted octanol–water partition coefficient (Wildman–Crippen LogP) is 2.61. The molecule has 2 nitrogen and oxygen atoms in total. The second kappa shape index (κ2) is 3.36. The molecule has 0 atom stereocenters. The summed E-state index contributed by atoms with van der Waals surface area (Å²) in [6.45, 7) is 0. The molecule has 0 bridgehead atoms. The van der Waals surface area contributed by atoms with Gasteiger partial charge in [-0.15, -0.1) is 0 Å². The van der Waals surface area contributed by atoms with Gasteiger partial charge in [-0.1, -0.05) is 15.9 Å². The molecule has 0 heterocycles. The molecule has 0 saturated heterocycles. The predicted molar refractivity (Wildman–Crippen MR) is 51.6 cm³/mol. The molecule has 0 unspecified atom stereocenters. The average molecular weight is 280 g/mol. The average Bonchev–Trinajstić information content (AvgIpc) is 2.03. The molecular formula is C7H5Br2NO. The van der Waals surface area contributed by atoms with Gasteiger partial charge in [-0.2, -0.15) is 0 Å². The van der Waals surface area contributed by atoms with Gasteiger partial charge in [0.2, 0.25) is 0 Å². The van der Waals surface area contributed by atoms with Crippen LogP contribution in [0.2, 0.25) is 1.41 Å². The van der Waals surface area contributed by atoms with Crippen LogP contribution in [0.3, 0.4) is 0 Å². The van der Waals surface area contributed by atoms with Crippen molar-refractivity contribution in [2.75, 3.05) is 5.73 Å². The third-order valence-corrected chi connectivity index (χ3v) is 2.30. The van der Waals surface area contributed by atoms with Crippen LogP contribution >= 0.6 is 31.9 Å². The smallest absolute Gasteiger partial charge is 0.156 e. The number of anilines is 1. The van der Waals surface area contributed by atoms with E-state index >= 15 is 0 Å². The minimum atomic E-state index is 0.450. The Hall–Kier alpha value is -0.350. The van der Waals surface area contributed by atoms with Crippen molar-refractivity contribution < 1.29 is 6.21 Å². The Bertz CT molecular complexity index is 317. The number of carbonyl (C=O) groups excluding carboxylic acids is 1. The second-order valence-corrected chi connectivity index (χ2v) is 3.74. The molecule has 0 spiro atoms. The lowest BCUT2D eigenvalue weighted by Crippen LogP contribution is -1.93. The first-order valence-electron chi connectivity index (χ1n) is 3.31. The van der Waals surface area contributed by atoms with Gasteiger partial charge >= 0.3 is 0 Å². The fraction of sp³-hybridized carbons (Fsp3) is 0. The molecule has 0 saturated carbocycles. The van der Waals surface area contributed by atoms with Crippen molar-refractivity contribution in [1.82, 2.24) is 0 Å². The van der Waals surface area contributed by atoms with Crippen molar-refractivity contribution in [3.63, 3.8) is 0 Å². The van der Waals surface area contributed by atoms with Gasteiger partial charge in [-0.05, 0) is 28.1 Å². The summed E-state index contributed by atoms with van der Waals surface area (Å²) >= 11 is 6.47. The van der Waals surface area contributed by atoms with Crippen LogP contribution in [0.5, 0.6) is 0 Å². The van der Waals surface area contributed by atoms with Gasteiger partial charge in [-0.3, -0.25) is 4.79 Å². The molecule has 2 N–H and O–H groups in total. The minimum absolute atomic E-state index is 0.450. The first-order valence-corrected chi connectivity index (χ1v) is 4.39. The number of nitrogens with two attached hydrogens (primary N) is 1. The zero-order chi connectivity index (χ0) is 9.14. The van der Waals surface area contributed by atoms with E-state index in [1.54, 1.807) is 12.1 Å². The van der Waals surface area contributed by atoms with Crippen molar-refractivity contribution in [2.45, 2.75) is 0 Å². The molecule has 4 heteroatoms. The summed E-state index contributed by atoms with van der Waals surface area (Å²) in [5.41, 5.74) is 3.12. The number of aldehydes is 1. The number of hydrogen-bond donors (Lipinski definition) is 1. The minimum Gasteiger partial charge on any atom is -0.397 e. The molecule has 58 valence electrons. The maximum Gasteiger partial charge on any atom is 0.156 e. The maximum absolute atomic E-state index is 10.5. The van der Waals surface area contributed by atoms with Gasteiger partial charge in [-0.25, -0.2) is 0 Å². The Balaban J connectivity index is 3.33. The lowest BCUT2D eigenvalue weighted by Gasteiger charge is -2.01. The lowest BCUT2D eigenvalue weighted by atomic mass is 10.2. The monoisotopic (exact) mass is 278 g/mol. The topological polar surface area (TPSA) is 43.1 Å². The van der Waals surface area contributed by atoms with Crippen molar-refractivity contribution in [2.24, 2.45) is 0 Å². The number of benzene rings is 1. The van der Waals surface area contributed by atoms with E-state index in [9.17, 15) is 4.79 Å². The number of rotatable bonds is 2.